The Kier molecular flexibility index (Phi) is 5.34. The number of hydrazine groups is 1. The Morgan fingerprint density at radius 3 is 2.19 bits per heavy atom. The summed E-state index contributed by atoms with van der Waals surface area (Å²) >= 11 is 0. The molecule has 0 aliphatic rings. The first-order chi connectivity index (χ1) is 9.74. The molecule has 0 bridgehead atoms. The molecule has 114 valence electrons. The van der Waals surface area contributed by atoms with Crippen LogP contribution in [-0.4, -0.2) is 25.0 Å². The molecule has 0 aliphatic carbocycles. The highest BCUT2D eigenvalue weighted by Gasteiger charge is 2.36. The molecule has 21 heavy (non-hydrogen) atoms. The lowest BCUT2D eigenvalue weighted by atomic mass is 10.2. The second-order valence-corrected chi connectivity index (χ2v) is 4.00. The molecule has 1 rings (SSSR count). The number of hydrogen-bond donors (Lipinski definition) is 2. The number of allylic oxidation sites excluding steroid dienone is 2. The van der Waals surface area contributed by atoms with Gasteiger partial charge in [-0.05, 0) is 31.2 Å². The summed E-state index contributed by atoms with van der Waals surface area (Å²) in [6, 6.07) is 6.08. The van der Waals surface area contributed by atoms with Crippen molar-refractivity contribution in [2.75, 3.05) is 7.11 Å². The molecular weight excluding hydrogens is 289 g/mol. The lowest BCUT2D eigenvalue weighted by Crippen LogP contribution is -2.36. The first-order valence-electron chi connectivity index (χ1n) is 5.74. The number of carbonyl (C=O) groups is 2. The van der Waals surface area contributed by atoms with Crippen molar-refractivity contribution < 1.29 is 27.5 Å². The van der Waals surface area contributed by atoms with E-state index >= 15 is 0 Å². The van der Waals surface area contributed by atoms with Crippen LogP contribution < -0.4 is 15.6 Å². The number of methoxy groups -OCH3 is 1. The molecule has 8 heteroatoms. The Morgan fingerprint density at radius 2 is 1.71 bits per heavy atom. The van der Waals surface area contributed by atoms with Crippen molar-refractivity contribution in [2.45, 2.75) is 13.1 Å². The number of rotatable bonds is 5. The van der Waals surface area contributed by atoms with E-state index in [0.717, 1.165) is 0 Å². The first kappa shape index (κ1) is 16.5. The smallest absolute Gasteiger partial charge is 0.454 e. The molecule has 2 N–H and O–H groups in total. The standard InChI is InChI=1S/C13H13F3N2O3/c1-8(7-11(19)13(14,15)16)17-18-12(20)9-3-5-10(21-2)6-4-9/h3-7,17H,1-2H3,(H,18,20)/b8-7-. The Labute approximate surface area is 118 Å². The highest BCUT2D eigenvalue weighted by Crippen LogP contribution is 2.16. The predicted octanol–water partition coefficient (Wildman–Crippen LogP) is 1.96. The minimum absolute atomic E-state index is 0.140. The maximum atomic E-state index is 12.0. The summed E-state index contributed by atoms with van der Waals surface area (Å²) in [6.45, 7) is 1.22. The molecule has 0 radical (unpaired) electrons. The minimum Gasteiger partial charge on any atom is -0.497 e. The van der Waals surface area contributed by atoms with Crippen molar-refractivity contribution in [1.82, 2.24) is 10.9 Å². The van der Waals surface area contributed by atoms with Gasteiger partial charge in [0.05, 0.1) is 7.11 Å². The SMILES string of the molecule is COc1ccc(C(=O)NN/C(C)=C\C(=O)C(F)(F)F)cc1. The summed E-state index contributed by atoms with van der Waals surface area (Å²) < 4.78 is 41.0. The van der Waals surface area contributed by atoms with E-state index in [4.69, 9.17) is 4.74 Å². The summed E-state index contributed by atoms with van der Waals surface area (Å²) in [5.41, 5.74) is 4.53. The van der Waals surface area contributed by atoms with Crippen molar-refractivity contribution in [3.63, 3.8) is 0 Å². The number of benzene rings is 1. The third-order valence-electron chi connectivity index (χ3n) is 2.35. The van der Waals surface area contributed by atoms with Crippen LogP contribution in [0.4, 0.5) is 13.2 Å². The van der Waals surface area contributed by atoms with E-state index in [0.29, 0.717) is 11.8 Å². The zero-order valence-electron chi connectivity index (χ0n) is 11.2. The summed E-state index contributed by atoms with van der Waals surface area (Å²) in [7, 11) is 1.47. The van der Waals surface area contributed by atoms with Gasteiger partial charge in [-0.2, -0.15) is 13.2 Å². The predicted molar refractivity (Wildman–Crippen MR) is 68.4 cm³/mol. The zero-order valence-corrected chi connectivity index (χ0v) is 11.2. The van der Waals surface area contributed by atoms with Crippen molar-refractivity contribution in [3.8, 4) is 5.75 Å². The normalized spacial score (nSPS) is 11.8. The van der Waals surface area contributed by atoms with Gasteiger partial charge in [0.25, 0.3) is 11.7 Å². The Bertz CT molecular complexity index is 551. The summed E-state index contributed by atoms with van der Waals surface area (Å²) in [6.07, 6.45) is -4.59. The van der Waals surface area contributed by atoms with E-state index in [-0.39, 0.29) is 11.3 Å². The number of nitrogens with one attached hydrogen (secondary N) is 2. The van der Waals surface area contributed by atoms with Crippen molar-refractivity contribution >= 4 is 11.7 Å². The van der Waals surface area contributed by atoms with Gasteiger partial charge in [-0.1, -0.05) is 0 Å². The summed E-state index contributed by atoms with van der Waals surface area (Å²) in [5.74, 6) is -2.01. The van der Waals surface area contributed by atoms with Crippen LogP contribution in [0, 0.1) is 0 Å². The second kappa shape index (κ2) is 6.78. The molecule has 5 nitrogen and oxygen atoms in total. The average molecular weight is 302 g/mol. The molecule has 0 spiro atoms. The van der Waals surface area contributed by atoms with E-state index < -0.39 is 17.9 Å². The quantitative estimate of drug-likeness (QED) is 0.644. The van der Waals surface area contributed by atoms with Crippen molar-refractivity contribution in [2.24, 2.45) is 0 Å². The van der Waals surface area contributed by atoms with Crippen LogP contribution in [0.25, 0.3) is 0 Å². The highest BCUT2D eigenvalue weighted by atomic mass is 19.4. The molecule has 0 aliphatic heterocycles. The van der Waals surface area contributed by atoms with Gasteiger partial charge in [-0.25, -0.2) is 0 Å². The largest absolute Gasteiger partial charge is 0.497 e. The third-order valence-corrected chi connectivity index (χ3v) is 2.35. The molecule has 0 heterocycles. The lowest BCUT2D eigenvalue weighted by Gasteiger charge is -2.09. The van der Waals surface area contributed by atoms with Gasteiger partial charge in [-0.15, -0.1) is 0 Å². The van der Waals surface area contributed by atoms with E-state index in [9.17, 15) is 22.8 Å². The molecule has 0 fully saturated rings. The van der Waals surface area contributed by atoms with Gasteiger partial charge >= 0.3 is 6.18 Å². The monoisotopic (exact) mass is 302 g/mol. The zero-order chi connectivity index (χ0) is 16.0. The maximum Gasteiger partial charge on any atom is 0.454 e. The van der Waals surface area contributed by atoms with Gasteiger partial charge in [0.15, 0.2) is 0 Å². The Balaban J connectivity index is 2.59. The highest BCUT2D eigenvalue weighted by molar-refractivity contribution is 5.95. The first-order valence-corrected chi connectivity index (χ1v) is 5.74. The van der Waals surface area contributed by atoms with Gasteiger partial charge < -0.3 is 10.2 Å². The van der Waals surface area contributed by atoms with Crippen molar-refractivity contribution in [1.29, 1.82) is 0 Å². The van der Waals surface area contributed by atoms with Crippen LogP contribution in [0.15, 0.2) is 36.0 Å². The van der Waals surface area contributed by atoms with Crippen LogP contribution in [0.2, 0.25) is 0 Å². The number of carbonyl (C=O) groups excluding carboxylic acids is 2. The Hall–Kier alpha value is -2.51. The fourth-order valence-electron chi connectivity index (χ4n) is 1.28. The second-order valence-electron chi connectivity index (χ2n) is 4.00. The van der Waals surface area contributed by atoms with E-state index in [2.05, 4.69) is 10.9 Å². The van der Waals surface area contributed by atoms with Crippen LogP contribution in [0.3, 0.4) is 0 Å². The third kappa shape index (κ3) is 5.17. The summed E-state index contributed by atoms with van der Waals surface area (Å²) in [5, 5.41) is 0. The minimum atomic E-state index is -4.94. The topological polar surface area (TPSA) is 67.4 Å². The molecule has 1 aromatic carbocycles. The van der Waals surface area contributed by atoms with E-state index in [1.165, 1.54) is 26.2 Å². The molecule has 0 aromatic heterocycles. The van der Waals surface area contributed by atoms with Crippen LogP contribution in [-0.2, 0) is 4.79 Å². The molecule has 0 unspecified atom stereocenters. The van der Waals surface area contributed by atoms with Gasteiger partial charge in [0, 0.05) is 17.3 Å². The number of halogens is 3. The number of amides is 1. The van der Waals surface area contributed by atoms with Crippen LogP contribution in [0.5, 0.6) is 5.75 Å². The average Bonchev–Trinajstić information content (AvgIpc) is 2.43. The van der Waals surface area contributed by atoms with Gasteiger partial charge in [-0.3, -0.25) is 15.0 Å². The molecule has 1 aromatic rings. The number of hydrogen-bond acceptors (Lipinski definition) is 4. The fourth-order valence-corrected chi connectivity index (χ4v) is 1.28. The molecular formula is C13H13F3N2O3. The molecule has 0 atom stereocenters. The summed E-state index contributed by atoms with van der Waals surface area (Å²) in [4.78, 5) is 22.4. The van der Waals surface area contributed by atoms with Crippen LogP contribution >= 0.6 is 0 Å². The molecule has 0 saturated carbocycles. The lowest BCUT2D eigenvalue weighted by molar-refractivity contribution is -0.165. The number of ether oxygens (including phenoxy) is 1. The van der Waals surface area contributed by atoms with Gasteiger partial charge in [0.1, 0.15) is 5.75 Å². The van der Waals surface area contributed by atoms with Gasteiger partial charge in [0.2, 0.25) is 0 Å². The number of ketones is 1. The molecule has 0 saturated heterocycles. The molecule has 1 amide bonds. The van der Waals surface area contributed by atoms with E-state index in [1.807, 2.05) is 0 Å². The fraction of sp³-hybridized carbons (Fsp3) is 0.231. The van der Waals surface area contributed by atoms with Crippen molar-refractivity contribution in [3.05, 3.63) is 41.6 Å². The number of alkyl halides is 3. The maximum absolute atomic E-state index is 12.0. The van der Waals surface area contributed by atoms with Crippen LogP contribution in [0.1, 0.15) is 17.3 Å². The van der Waals surface area contributed by atoms with E-state index in [1.54, 1.807) is 12.1 Å². The Morgan fingerprint density at radius 1 is 1.14 bits per heavy atom.